The first kappa shape index (κ1) is 19.3. The lowest BCUT2D eigenvalue weighted by atomic mass is 10.1. The average molecular weight is 430 g/mol. The fourth-order valence-corrected chi connectivity index (χ4v) is 4.49. The number of hydrogen-bond acceptors (Lipinski definition) is 6. The van der Waals surface area contributed by atoms with Crippen molar-refractivity contribution in [3.05, 3.63) is 85.9 Å². The number of carbonyl (C=O) groups excluding carboxylic acids is 1. The predicted molar refractivity (Wildman–Crippen MR) is 121 cm³/mol. The molecule has 0 spiro atoms. The maximum Gasteiger partial charge on any atom is 0.337 e. The highest BCUT2D eigenvalue weighted by atomic mass is 32.1. The van der Waals surface area contributed by atoms with E-state index in [2.05, 4.69) is 4.98 Å². The molecule has 0 bridgehead atoms. The standard InChI is InChI=1S/C24H18N2O4S/c1-13-10-18-19(11-14(13)2)26-22(27)21(31-24(26)25-18)12-17-8-9-20(30-17)15-4-6-16(7-5-15)23(28)29-3/h4-12H,1-3H3/b21-12-. The number of esters is 1. The van der Waals surface area contributed by atoms with Gasteiger partial charge in [0, 0.05) is 11.6 Å². The zero-order chi connectivity index (χ0) is 21.7. The molecule has 0 aliphatic heterocycles. The zero-order valence-electron chi connectivity index (χ0n) is 17.1. The van der Waals surface area contributed by atoms with E-state index in [9.17, 15) is 9.59 Å². The highest BCUT2D eigenvalue weighted by molar-refractivity contribution is 7.15. The minimum absolute atomic E-state index is 0.105. The Labute approximate surface area is 181 Å². The van der Waals surface area contributed by atoms with Crippen molar-refractivity contribution in [3.63, 3.8) is 0 Å². The minimum atomic E-state index is -0.386. The van der Waals surface area contributed by atoms with Crippen LogP contribution >= 0.6 is 11.3 Å². The number of hydrogen-bond donors (Lipinski definition) is 0. The van der Waals surface area contributed by atoms with Crippen LogP contribution in [0.25, 0.3) is 33.4 Å². The number of nitrogens with zero attached hydrogens (tertiary/aromatic N) is 2. The van der Waals surface area contributed by atoms with Gasteiger partial charge in [0.2, 0.25) is 0 Å². The molecule has 6 nitrogen and oxygen atoms in total. The highest BCUT2D eigenvalue weighted by Crippen LogP contribution is 2.24. The quantitative estimate of drug-likeness (QED) is 0.403. The van der Waals surface area contributed by atoms with E-state index < -0.39 is 0 Å². The van der Waals surface area contributed by atoms with Crippen molar-refractivity contribution < 1.29 is 13.9 Å². The molecule has 0 fully saturated rings. The van der Waals surface area contributed by atoms with Crippen LogP contribution in [-0.4, -0.2) is 22.5 Å². The Bertz CT molecular complexity index is 1570. The third-order valence-corrected chi connectivity index (χ3v) is 6.31. The number of imidazole rings is 1. The van der Waals surface area contributed by atoms with E-state index in [1.165, 1.54) is 18.4 Å². The monoisotopic (exact) mass is 430 g/mol. The second-order valence-corrected chi connectivity index (χ2v) is 8.35. The van der Waals surface area contributed by atoms with Crippen LogP contribution in [0.15, 0.2) is 57.7 Å². The summed E-state index contributed by atoms with van der Waals surface area (Å²) in [6.45, 7) is 4.07. The van der Waals surface area contributed by atoms with E-state index in [4.69, 9.17) is 9.15 Å². The highest BCUT2D eigenvalue weighted by Gasteiger charge is 2.13. The van der Waals surface area contributed by atoms with Gasteiger partial charge in [-0.15, -0.1) is 0 Å². The largest absolute Gasteiger partial charge is 0.465 e. The molecular weight excluding hydrogens is 412 g/mol. The molecule has 0 amide bonds. The smallest absolute Gasteiger partial charge is 0.337 e. The van der Waals surface area contributed by atoms with E-state index in [-0.39, 0.29) is 11.5 Å². The Morgan fingerprint density at radius 2 is 1.84 bits per heavy atom. The number of methoxy groups -OCH3 is 1. The number of fused-ring (bicyclic) bond motifs is 3. The summed E-state index contributed by atoms with van der Waals surface area (Å²) in [5.41, 5.74) is 5.12. The Morgan fingerprint density at radius 1 is 1.10 bits per heavy atom. The maximum absolute atomic E-state index is 13.0. The van der Waals surface area contributed by atoms with E-state index in [1.807, 2.05) is 38.1 Å². The average Bonchev–Trinajstić information content (AvgIpc) is 3.44. The molecule has 0 atom stereocenters. The van der Waals surface area contributed by atoms with Gasteiger partial charge in [-0.1, -0.05) is 23.5 Å². The molecule has 0 radical (unpaired) electrons. The third kappa shape index (κ3) is 3.23. The maximum atomic E-state index is 13.0. The van der Waals surface area contributed by atoms with Gasteiger partial charge >= 0.3 is 5.97 Å². The minimum Gasteiger partial charge on any atom is -0.465 e. The van der Waals surface area contributed by atoms with Gasteiger partial charge < -0.3 is 9.15 Å². The lowest BCUT2D eigenvalue weighted by Crippen LogP contribution is -2.22. The lowest BCUT2D eigenvalue weighted by Gasteiger charge is -2.00. The fourth-order valence-electron chi connectivity index (χ4n) is 3.52. The van der Waals surface area contributed by atoms with Crippen LogP contribution in [0.2, 0.25) is 0 Å². The molecule has 7 heteroatoms. The van der Waals surface area contributed by atoms with Crippen molar-refractivity contribution in [3.8, 4) is 11.3 Å². The first-order chi connectivity index (χ1) is 14.9. The van der Waals surface area contributed by atoms with Gasteiger partial charge in [0.1, 0.15) is 16.1 Å². The van der Waals surface area contributed by atoms with Crippen molar-refractivity contribution in [2.24, 2.45) is 0 Å². The number of furan rings is 1. The summed E-state index contributed by atoms with van der Waals surface area (Å²) >= 11 is 1.34. The molecular formula is C24H18N2O4S. The first-order valence-electron chi connectivity index (χ1n) is 9.67. The Hall–Kier alpha value is -3.71. The van der Waals surface area contributed by atoms with Gasteiger partial charge in [0.05, 0.1) is 23.7 Å². The zero-order valence-corrected chi connectivity index (χ0v) is 17.9. The predicted octanol–water partition coefficient (Wildman–Crippen LogP) is 4.12. The van der Waals surface area contributed by atoms with Gasteiger partial charge in [-0.05, 0) is 61.4 Å². The molecule has 0 aliphatic rings. The SMILES string of the molecule is COC(=O)c1ccc(-c2ccc(/C=c3\sc4nc5cc(C)c(C)cc5n4c3=O)o2)cc1. The Kier molecular flexibility index (Phi) is 4.48. The fraction of sp³-hybridized carbons (Fsp3) is 0.125. The first-order valence-corrected chi connectivity index (χ1v) is 10.5. The Morgan fingerprint density at radius 3 is 2.58 bits per heavy atom. The van der Waals surface area contributed by atoms with E-state index >= 15 is 0 Å². The summed E-state index contributed by atoms with van der Waals surface area (Å²) in [4.78, 5) is 29.9. The number of benzene rings is 2. The molecule has 3 aromatic heterocycles. The van der Waals surface area contributed by atoms with Crippen LogP contribution in [0.4, 0.5) is 0 Å². The van der Waals surface area contributed by atoms with Crippen molar-refractivity contribution in [2.45, 2.75) is 13.8 Å². The summed E-state index contributed by atoms with van der Waals surface area (Å²) in [7, 11) is 1.35. The second kappa shape index (κ2) is 7.21. The summed E-state index contributed by atoms with van der Waals surface area (Å²) in [5.74, 6) is 0.835. The second-order valence-electron chi connectivity index (χ2n) is 7.34. The van der Waals surface area contributed by atoms with Gasteiger partial charge in [0.15, 0.2) is 4.96 Å². The Balaban J connectivity index is 1.53. The summed E-state index contributed by atoms with van der Waals surface area (Å²) in [6, 6.07) is 14.6. The van der Waals surface area contributed by atoms with Crippen LogP contribution < -0.4 is 10.1 Å². The topological polar surface area (TPSA) is 73.8 Å². The van der Waals surface area contributed by atoms with Crippen molar-refractivity contribution >= 4 is 39.4 Å². The molecule has 5 aromatic rings. The normalized spacial score (nSPS) is 12.2. The molecule has 0 N–H and O–H groups in total. The van der Waals surface area contributed by atoms with Gasteiger partial charge in [0.25, 0.3) is 5.56 Å². The van der Waals surface area contributed by atoms with Crippen molar-refractivity contribution in [1.82, 2.24) is 9.38 Å². The van der Waals surface area contributed by atoms with Gasteiger partial charge in [-0.2, -0.15) is 0 Å². The molecule has 0 aliphatic carbocycles. The number of rotatable bonds is 3. The lowest BCUT2D eigenvalue weighted by molar-refractivity contribution is 0.0600. The molecule has 0 saturated heterocycles. The number of ether oxygens (including phenoxy) is 1. The van der Waals surface area contributed by atoms with E-state index in [0.29, 0.717) is 26.6 Å². The van der Waals surface area contributed by atoms with Crippen LogP contribution in [0.3, 0.4) is 0 Å². The van der Waals surface area contributed by atoms with Crippen LogP contribution in [-0.2, 0) is 4.74 Å². The third-order valence-electron chi connectivity index (χ3n) is 5.34. The number of aromatic nitrogens is 2. The van der Waals surface area contributed by atoms with Gasteiger partial charge in [-0.3, -0.25) is 4.79 Å². The van der Waals surface area contributed by atoms with Crippen molar-refractivity contribution in [1.29, 1.82) is 0 Å². The van der Waals surface area contributed by atoms with Gasteiger partial charge in [-0.25, -0.2) is 14.2 Å². The van der Waals surface area contributed by atoms with E-state index in [1.54, 1.807) is 34.7 Å². The number of aryl methyl sites for hydroxylation is 2. The van der Waals surface area contributed by atoms with Crippen molar-refractivity contribution in [2.75, 3.05) is 7.11 Å². The summed E-state index contributed by atoms with van der Waals surface area (Å²) in [5, 5.41) is 0. The molecule has 2 aromatic carbocycles. The van der Waals surface area contributed by atoms with Crippen LogP contribution in [0.1, 0.15) is 27.2 Å². The molecule has 0 saturated carbocycles. The van der Waals surface area contributed by atoms with E-state index in [0.717, 1.165) is 27.7 Å². The molecule has 3 heterocycles. The summed E-state index contributed by atoms with van der Waals surface area (Å²) in [6.07, 6.45) is 1.74. The molecule has 5 rings (SSSR count). The molecule has 0 unspecified atom stereocenters. The van der Waals surface area contributed by atoms with Crippen LogP contribution in [0.5, 0.6) is 0 Å². The molecule has 154 valence electrons. The van der Waals surface area contributed by atoms with Crippen LogP contribution in [0, 0.1) is 13.8 Å². The number of thiazole rings is 1. The number of carbonyl (C=O) groups is 1. The molecule has 31 heavy (non-hydrogen) atoms. The summed E-state index contributed by atoms with van der Waals surface area (Å²) < 4.78 is 12.9.